The summed E-state index contributed by atoms with van der Waals surface area (Å²) in [7, 11) is 0. The molecule has 0 amide bonds. The molecule has 0 radical (unpaired) electrons. The molecule has 0 aliphatic carbocycles. The van der Waals surface area contributed by atoms with Crippen molar-refractivity contribution >= 4 is 23.7 Å². The number of hydrogen-bond donors (Lipinski definition) is 0. The summed E-state index contributed by atoms with van der Waals surface area (Å²) in [4.78, 5) is 39.7. The van der Waals surface area contributed by atoms with Crippen molar-refractivity contribution in [3.8, 4) is 0 Å². The fourth-order valence-corrected chi connectivity index (χ4v) is 0.809. The van der Waals surface area contributed by atoms with Gasteiger partial charge in [-0.3, -0.25) is 14.4 Å². The third kappa shape index (κ3) is 67.2. The van der Waals surface area contributed by atoms with Crippen molar-refractivity contribution in [2.24, 2.45) is 0 Å². The Balaban J connectivity index is -0.000000126. The Morgan fingerprint density at radius 2 is 1.00 bits per heavy atom. The molecule has 0 spiro atoms. The lowest BCUT2D eigenvalue weighted by Crippen LogP contribution is -1.99. The van der Waals surface area contributed by atoms with Crippen LogP contribution >= 0.6 is 0 Å². The van der Waals surface area contributed by atoms with Crippen molar-refractivity contribution in [3.63, 3.8) is 0 Å². The molecule has 0 rings (SSSR count). The first-order valence-electron chi connectivity index (χ1n) is 8.98. The first-order chi connectivity index (χ1) is 12.1. The third-order valence-corrected chi connectivity index (χ3v) is 2.16. The summed E-state index contributed by atoms with van der Waals surface area (Å²) >= 11 is 0. The standard InChI is InChI=1S/C6H12O2.C5H10O2.C4H8O2.C4H8O/c1-3-4-5-8-6(2)7;1-3-4-7-5(2)6;1-3-6-4(2)5;1-3-4(2)5/h3-5H2,1-2H3;3-4H2,1-2H3;3H2,1-2H3;3H2,1-2H3. The summed E-state index contributed by atoms with van der Waals surface area (Å²) in [5.74, 6) is -0.331. The van der Waals surface area contributed by atoms with Crippen LogP contribution in [0.3, 0.4) is 0 Å². The van der Waals surface area contributed by atoms with Gasteiger partial charge in [-0.1, -0.05) is 27.2 Å². The summed E-state index contributed by atoms with van der Waals surface area (Å²) < 4.78 is 13.6. The maximum Gasteiger partial charge on any atom is 0.302 e. The SMILES string of the molecule is CCC(C)=O.CCCCOC(C)=O.CCCOC(C)=O.CCOC(C)=O. The highest BCUT2D eigenvalue weighted by atomic mass is 16.5. The number of hydrogen-bond acceptors (Lipinski definition) is 7. The van der Waals surface area contributed by atoms with Gasteiger partial charge in [0.15, 0.2) is 0 Å². The molecule has 0 aliphatic heterocycles. The second kappa shape index (κ2) is 27.9. The number of rotatable bonds is 7. The van der Waals surface area contributed by atoms with Gasteiger partial charge < -0.3 is 19.0 Å². The summed E-state index contributed by atoms with van der Waals surface area (Å²) in [6.07, 6.45) is 3.62. The monoisotopic (exact) mass is 378 g/mol. The van der Waals surface area contributed by atoms with Gasteiger partial charge in [0.2, 0.25) is 0 Å². The zero-order valence-electron chi connectivity index (χ0n) is 17.8. The van der Waals surface area contributed by atoms with Gasteiger partial charge in [0.1, 0.15) is 5.78 Å². The third-order valence-electron chi connectivity index (χ3n) is 2.16. The molecule has 0 N–H and O–H groups in total. The highest BCUT2D eigenvalue weighted by molar-refractivity contribution is 5.74. The molecule has 156 valence electrons. The van der Waals surface area contributed by atoms with Crippen molar-refractivity contribution in [1.29, 1.82) is 0 Å². The Bertz CT molecular complexity index is 352. The van der Waals surface area contributed by atoms with Crippen LogP contribution in [-0.4, -0.2) is 43.5 Å². The molecular formula is C19H38O7. The van der Waals surface area contributed by atoms with E-state index in [9.17, 15) is 19.2 Å². The fraction of sp³-hybridized carbons (Fsp3) is 0.789. The molecule has 7 heteroatoms. The normalized spacial score (nSPS) is 8.15. The van der Waals surface area contributed by atoms with Crippen LogP contribution in [0.15, 0.2) is 0 Å². The van der Waals surface area contributed by atoms with Gasteiger partial charge in [0.05, 0.1) is 19.8 Å². The molecule has 0 fully saturated rings. The molecule has 0 heterocycles. The summed E-state index contributed by atoms with van der Waals surface area (Å²) in [5.41, 5.74) is 0. The van der Waals surface area contributed by atoms with Gasteiger partial charge >= 0.3 is 17.9 Å². The van der Waals surface area contributed by atoms with Gasteiger partial charge in [0.25, 0.3) is 0 Å². The van der Waals surface area contributed by atoms with Gasteiger partial charge in [-0.15, -0.1) is 0 Å². The maximum atomic E-state index is 10.1. The van der Waals surface area contributed by atoms with Gasteiger partial charge in [0, 0.05) is 27.2 Å². The van der Waals surface area contributed by atoms with Crippen LogP contribution in [0.2, 0.25) is 0 Å². The van der Waals surface area contributed by atoms with Crippen molar-refractivity contribution < 1.29 is 33.4 Å². The first-order valence-corrected chi connectivity index (χ1v) is 8.98. The van der Waals surface area contributed by atoms with E-state index in [4.69, 9.17) is 0 Å². The molecule has 0 aromatic heterocycles. The molecule has 0 saturated carbocycles. The second-order valence-electron chi connectivity index (χ2n) is 5.01. The molecule has 0 bridgehead atoms. The van der Waals surface area contributed by atoms with Crippen LogP contribution in [-0.2, 0) is 33.4 Å². The van der Waals surface area contributed by atoms with E-state index in [1.807, 2.05) is 13.8 Å². The number of carbonyl (C=O) groups excluding carboxylic acids is 4. The van der Waals surface area contributed by atoms with Crippen molar-refractivity contribution in [3.05, 3.63) is 0 Å². The Kier molecular flexibility index (Phi) is 34.1. The molecule has 0 aromatic rings. The van der Waals surface area contributed by atoms with Crippen LogP contribution in [0.5, 0.6) is 0 Å². The summed E-state index contributed by atoms with van der Waals surface area (Å²) in [5, 5.41) is 0. The minimum atomic E-state index is -0.211. The minimum Gasteiger partial charge on any atom is -0.466 e. The number of unbranched alkanes of at least 4 members (excludes halogenated alkanes) is 1. The zero-order chi connectivity index (χ0) is 21.4. The van der Waals surface area contributed by atoms with Crippen LogP contribution in [0.25, 0.3) is 0 Å². The van der Waals surface area contributed by atoms with Crippen molar-refractivity contribution in [2.45, 2.75) is 81.1 Å². The van der Waals surface area contributed by atoms with E-state index < -0.39 is 0 Å². The first kappa shape index (κ1) is 31.8. The van der Waals surface area contributed by atoms with Crippen molar-refractivity contribution in [1.82, 2.24) is 0 Å². The molecule has 0 aliphatic rings. The average molecular weight is 379 g/mol. The highest BCUT2D eigenvalue weighted by Crippen LogP contribution is 1.86. The van der Waals surface area contributed by atoms with E-state index in [-0.39, 0.29) is 23.7 Å². The van der Waals surface area contributed by atoms with E-state index >= 15 is 0 Å². The van der Waals surface area contributed by atoms with E-state index in [0.29, 0.717) is 26.2 Å². The predicted octanol–water partition coefficient (Wildman–Crippen LogP) is 3.86. The lowest BCUT2D eigenvalue weighted by atomic mass is 10.4. The molecule has 0 unspecified atom stereocenters. The minimum absolute atomic E-state index is 0.182. The quantitative estimate of drug-likeness (QED) is 0.377. The molecule has 0 atom stereocenters. The molecule has 0 saturated heterocycles. The Morgan fingerprint density at radius 1 is 0.615 bits per heavy atom. The molecule has 7 nitrogen and oxygen atoms in total. The molecule has 26 heavy (non-hydrogen) atoms. The number of ether oxygens (including phenoxy) is 3. The maximum absolute atomic E-state index is 10.1. The highest BCUT2D eigenvalue weighted by Gasteiger charge is 1.88. The smallest absolute Gasteiger partial charge is 0.302 e. The Hall–Kier alpha value is -1.92. The van der Waals surface area contributed by atoms with Gasteiger partial charge in [-0.25, -0.2) is 0 Å². The Labute approximate surface area is 158 Å². The van der Waals surface area contributed by atoms with Crippen LogP contribution < -0.4 is 0 Å². The number of carbonyl (C=O) groups is 4. The molecular weight excluding hydrogens is 340 g/mol. The van der Waals surface area contributed by atoms with E-state index in [0.717, 1.165) is 19.3 Å². The fourth-order valence-electron chi connectivity index (χ4n) is 0.809. The second-order valence-corrected chi connectivity index (χ2v) is 5.01. The van der Waals surface area contributed by atoms with Gasteiger partial charge in [-0.2, -0.15) is 0 Å². The number of Topliss-reactive ketones (excluding diaryl/α,β-unsaturated/α-hetero) is 1. The Morgan fingerprint density at radius 3 is 1.15 bits per heavy atom. The zero-order valence-corrected chi connectivity index (χ0v) is 17.8. The summed E-state index contributed by atoms with van der Waals surface area (Å²) in [6, 6.07) is 0. The largest absolute Gasteiger partial charge is 0.466 e. The lowest BCUT2D eigenvalue weighted by Gasteiger charge is -1.96. The number of esters is 3. The lowest BCUT2D eigenvalue weighted by molar-refractivity contribution is -0.141. The van der Waals surface area contributed by atoms with E-state index in [1.54, 1.807) is 13.8 Å². The van der Waals surface area contributed by atoms with Gasteiger partial charge in [-0.05, 0) is 26.7 Å². The number of ketones is 1. The van der Waals surface area contributed by atoms with Crippen LogP contribution in [0.1, 0.15) is 81.1 Å². The topological polar surface area (TPSA) is 96.0 Å². The summed E-state index contributed by atoms with van der Waals surface area (Å²) in [6.45, 7) is 15.1. The van der Waals surface area contributed by atoms with Crippen LogP contribution in [0, 0.1) is 0 Å². The predicted molar refractivity (Wildman–Crippen MR) is 102 cm³/mol. The van der Waals surface area contributed by atoms with Crippen molar-refractivity contribution in [2.75, 3.05) is 19.8 Å². The van der Waals surface area contributed by atoms with E-state index in [2.05, 4.69) is 21.1 Å². The van der Waals surface area contributed by atoms with Crippen LogP contribution in [0.4, 0.5) is 0 Å². The van der Waals surface area contributed by atoms with E-state index in [1.165, 1.54) is 20.8 Å². The molecule has 0 aromatic carbocycles. The average Bonchev–Trinajstić information content (AvgIpc) is 2.54.